The first-order chi connectivity index (χ1) is 10.5. The molecular weight excluding hydrogens is 339 g/mol. The summed E-state index contributed by atoms with van der Waals surface area (Å²) in [6.07, 6.45) is 2.62. The van der Waals surface area contributed by atoms with Gasteiger partial charge < -0.3 is 15.7 Å². The second-order valence-corrected chi connectivity index (χ2v) is 5.42. The summed E-state index contributed by atoms with van der Waals surface area (Å²) in [7, 11) is 3.49. The second kappa shape index (κ2) is 8.88. The lowest BCUT2D eigenvalue weighted by Gasteiger charge is -2.17. The molecule has 0 aliphatic rings. The summed E-state index contributed by atoms with van der Waals surface area (Å²) in [5.41, 5.74) is 1.47. The van der Waals surface area contributed by atoms with Gasteiger partial charge in [0.2, 0.25) is 5.91 Å². The Hall–Kier alpha value is -1.60. The van der Waals surface area contributed by atoms with Gasteiger partial charge in [0.1, 0.15) is 6.04 Å². The van der Waals surface area contributed by atoms with Gasteiger partial charge in [-0.25, -0.2) is 0 Å². The number of hydrogen-bond donors (Lipinski definition) is 3. The number of amides is 1. The van der Waals surface area contributed by atoms with E-state index in [1.807, 2.05) is 0 Å². The molecule has 0 aliphatic carbocycles. The van der Waals surface area contributed by atoms with E-state index in [4.69, 9.17) is 11.6 Å². The van der Waals surface area contributed by atoms with Crippen LogP contribution in [0.25, 0.3) is 0 Å². The molecule has 6 nitrogen and oxygen atoms in total. The molecule has 8 heteroatoms. The molecule has 1 amide bonds. The Morgan fingerprint density at radius 2 is 2.00 bits per heavy atom. The number of aliphatic hydroxyl groups is 1. The van der Waals surface area contributed by atoms with Crippen molar-refractivity contribution in [3.63, 3.8) is 0 Å². The van der Waals surface area contributed by atoms with Crippen LogP contribution >= 0.6 is 24.0 Å². The monoisotopic (exact) mass is 358 g/mol. The fourth-order valence-electron chi connectivity index (χ4n) is 2.14. The van der Waals surface area contributed by atoms with Crippen molar-refractivity contribution in [3.05, 3.63) is 52.8 Å². The number of halogens is 2. The van der Waals surface area contributed by atoms with Crippen LogP contribution in [0.4, 0.5) is 0 Å². The van der Waals surface area contributed by atoms with Gasteiger partial charge in [-0.05, 0) is 24.7 Å². The molecule has 2 aromatic rings. The Kier molecular flexibility index (Phi) is 7.51. The third kappa shape index (κ3) is 5.21. The third-order valence-electron chi connectivity index (χ3n) is 3.33. The summed E-state index contributed by atoms with van der Waals surface area (Å²) in [5, 5.41) is 20.4. The minimum absolute atomic E-state index is 0. The zero-order chi connectivity index (χ0) is 16.1. The maximum atomic E-state index is 12.2. The van der Waals surface area contributed by atoms with Crippen LogP contribution in [0.2, 0.25) is 5.02 Å². The molecule has 0 saturated heterocycles. The lowest BCUT2D eigenvalue weighted by molar-refractivity contribution is -0.123. The maximum absolute atomic E-state index is 12.2. The number of nitrogens with one attached hydrogen (secondary N) is 2. The van der Waals surface area contributed by atoms with Crippen molar-refractivity contribution in [2.45, 2.75) is 12.1 Å². The van der Waals surface area contributed by atoms with Crippen LogP contribution in [-0.2, 0) is 11.8 Å². The zero-order valence-corrected chi connectivity index (χ0v) is 14.4. The number of carbonyl (C=O) groups is 1. The number of rotatable bonds is 6. The minimum Gasteiger partial charge on any atom is -0.387 e. The van der Waals surface area contributed by atoms with Gasteiger partial charge in [-0.1, -0.05) is 23.7 Å². The molecule has 0 radical (unpaired) electrons. The summed E-state index contributed by atoms with van der Waals surface area (Å²) in [4.78, 5) is 12.2. The SMILES string of the molecule is CNC(C(=O)NCC(O)c1ccc(Cl)cc1)c1cnn(C)c1.Cl. The topological polar surface area (TPSA) is 79.2 Å². The van der Waals surface area contributed by atoms with Gasteiger partial charge in [-0.3, -0.25) is 9.48 Å². The minimum atomic E-state index is -0.785. The fourth-order valence-corrected chi connectivity index (χ4v) is 2.27. The van der Waals surface area contributed by atoms with Crippen LogP contribution in [0.15, 0.2) is 36.7 Å². The van der Waals surface area contributed by atoms with Crippen LogP contribution in [0.5, 0.6) is 0 Å². The Labute approximate surface area is 146 Å². The molecule has 1 aromatic heterocycles. The summed E-state index contributed by atoms with van der Waals surface area (Å²) in [6.45, 7) is 0.124. The van der Waals surface area contributed by atoms with Crippen LogP contribution < -0.4 is 10.6 Å². The van der Waals surface area contributed by atoms with E-state index in [9.17, 15) is 9.90 Å². The molecule has 0 spiro atoms. The van der Waals surface area contributed by atoms with Crippen LogP contribution in [-0.4, -0.2) is 34.4 Å². The van der Waals surface area contributed by atoms with E-state index in [1.54, 1.807) is 55.4 Å². The van der Waals surface area contributed by atoms with Gasteiger partial charge in [0.25, 0.3) is 0 Å². The van der Waals surface area contributed by atoms with Crippen molar-refractivity contribution in [1.29, 1.82) is 0 Å². The number of aliphatic hydroxyl groups excluding tert-OH is 1. The molecular formula is C15H20Cl2N4O2. The quantitative estimate of drug-likeness (QED) is 0.732. The van der Waals surface area contributed by atoms with E-state index in [0.717, 1.165) is 5.56 Å². The summed E-state index contributed by atoms with van der Waals surface area (Å²) in [5.74, 6) is -0.219. The first-order valence-electron chi connectivity index (χ1n) is 6.88. The average molecular weight is 359 g/mol. The molecule has 1 heterocycles. The molecule has 0 aliphatic heterocycles. The van der Waals surface area contributed by atoms with E-state index < -0.39 is 12.1 Å². The number of aromatic nitrogens is 2. The van der Waals surface area contributed by atoms with Crippen molar-refractivity contribution in [1.82, 2.24) is 20.4 Å². The van der Waals surface area contributed by atoms with E-state index in [1.165, 1.54) is 0 Å². The third-order valence-corrected chi connectivity index (χ3v) is 3.59. The van der Waals surface area contributed by atoms with Crippen molar-refractivity contribution < 1.29 is 9.90 Å². The first-order valence-corrected chi connectivity index (χ1v) is 7.26. The molecule has 0 bridgehead atoms. The Balaban J connectivity index is 0.00000264. The fraction of sp³-hybridized carbons (Fsp3) is 0.333. The highest BCUT2D eigenvalue weighted by atomic mass is 35.5. The standard InChI is InChI=1S/C15H19ClN4O2.ClH/c1-17-14(11-7-19-20(2)9-11)15(22)18-8-13(21)10-3-5-12(16)6-4-10;/h3-7,9,13-14,17,21H,8H2,1-2H3,(H,18,22);1H. The van der Waals surface area contributed by atoms with Gasteiger partial charge >= 0.3 is 0 Å². The predicted octanol–water partition coefficient (Wildman–Crippen LogP) is 1.61. The van der Waals surface area contributed by atoms with Gasteiger partial charge in [-0.15, -0.1) is 12.4 Å². The van der Waals surface area contributed by atoms with Gasteiger partial charge in [0.15, 0.2) is 0 Å². The molecule has 0 fully saturated rings. The van der Waals surface area contributed by atoms with Crippen LogP contribution in [0, 0.1) is 0 Å². The Morgan fingerprint density at radius 3 is 2.52 bits per heavy atom. The average Bonchev–Trinajstić information content (AvgIpc) is 2.92. The molecule has 3 N–H and O–H groups in total. The molecule has 0 saturated carbocycles. The van der Waals surface area contributed by atoms with Crippen molar-refractivity contribution in [2.24, 2.45) is 7.05 Å². The van der Waals surface area contributed by atoms with Crippen LogP contribution in [0.3, 0.4) is 0 Å². The lowest BCUT2D eigenvalue weighted by Crippen LogP contribution is -2.37. The number of aryl methyl sites for hydroxylation is 1. The number of likely N-dealkylation sites (N-methyl/N-ethyl adjacent to an activating group) is 1. The van der Waals surface area contributed by atoms with E-state index in [2.05, 4.69) is 15.7 Å². The van der Waals surface area contributed by atoms with E-state index in [0.29, 0.717) is 10.6 Å². The van der Waals surface area contributed by atoms with E-state index in [-0.39, 0.29) is 24.9 Å². The van der Waals surface area contributed by atoms with Crippen LogP contribution in [0.1, 0.15) is 23.3 Å². The van der Waals surface area contributed by atoms with Gasteiger partial charge in [-0.2, -0.15) is 5.10 Å². The molecule has 2 unspecified atom stereocenters. The number of benzene rings is 1. The molecule has 1 aromatic carbocycles. The van der Waals surface area contributed by atoms with Crippen molar-refractivity contribution in [2.75, 3.05) is 13.6 Å². The predicted molar refractivity (Wildman–Crippen MR) is 91.7 cm³/mol. The smallest absolute Gasteiger partial charge is 0.241 e. The number of nitrogens with zero attached hydrogens (tertiary/aromatic N) is 2. The normalized spacial score (nSPS) is 13.0. The van der Waals surface area contributed by atoms with Gasteiger partial charge in [0, 0.05) is 30.4 Å². The van der Waals surface area contributed by atoms with E-state index >= 15 is 0 Å². The highest BCUT2D eigenvalue weighted by Gasteiger charge is 2.20. The highest BCUT2D eigenvalue weighted by Crippen LogP contribution is 2.16. The maximum Gasteiger partial charge on any atom is 0.241 e. The number of carbonyl (C=O) groups excluding carboxylic acids is 1. The molecule has 2 rings (SSSR count). The number of hydrogen-bond acceptors (Lipinski definition) is 4. The lowest BCUT2D eigenvalue weighted by atomic mass is 10.1. The van der Waals surface area contributed by atoms with Crippen molar-refractivity contribution >= 4 is 29.9 Å². The molecule has 2 atom stereocenters. The van der Waals surface area contributed by atoms with Gasteiger partial charge in [0.05, 0.1) is 12.3 Å². The first kappa shape index (κ1) is 19.4. The second-order valence-electron chi connectivity index (χ2n) is 4.98. The molecule has 126 valence electrons. The largest absolute Gasteiger partial charge is 0.387 e. The highest BCUT2D eigenvalue weighted by molar-refractivity contribution is 6.30. The summed E-state index contributed by atoms with van der Waals surface area (Å²) < 4.78 is 1.63. The summed E-state index contributed by atoms with van der Waals surface area (Å²) >= 11 is 5.81. The van der Waals surface area contributed by atoms with Crippen molar-refractivity contribution in [3.8, 4) is 0 Å². The zero-order valence-electron chi connectivity index (χ0n) is 12.9. The summed E-state index contributed by atoms with van der Waals surface area (Å²) in [6, 6.07) is 6.36. The Bertz CT molecular complexity index is 631. The Morgan fingerprint density at radius 1 is 1.35 bits per heavy atom. The molecule has 23 heavy (non-hydrogen) atoms.